The minimum absolute atomic E-state index is 0.447. The molecular weight excluding hydrogens is 250 g/mol. The van der Waals surface area contributed by atoms with Crippen molar-refractivity contribution in [2.45, 2.75) is 32.9 Å². The molecular formula is C16H21N3O. The zero-order valence-corrected chi connectivity index (χ0v) is 12.3. The molecule has 106 valence electrons. The van der Waals surface area contributed by atoms with Crippen molar-refractivity contribution < 1.29 is 4.74 Å². The van der Waals surface area contributed by atoms with Gasteiger partial charge in [0.15, 0.2) is 0 Å². The summed E-state index contributed by atoms with van der Waals surface area (Å²) in [6.07, 6.45) is 2.49. The highest BCUT2D eigenvalue weighted by Crippen LogP contribution is 2.19. The molecule has 0 fully saturated rings. The molecule has 0 aliphatic rings. The summed E-state index contributed by atoms with van der Waals surface area (Å²) in [5, 5.41) is 3.36. The molecule has 0 amide bonds. The van der Waals surface area contributed by atoms with Gasteiger partial charge in [-0.2, -0.15) is 0 Å². The van der Waals surface area contributed by atoms with Crippen LogP contribution in [0.2, 0.25) is 0 Å². The molecule has 0 bridgehead atoms. The van der Waals surface area contributed by atoms with Crippen LogP contribution in [0.15, 0.2) is 36.5 Å². The van der Waals surface area contributed by atoms with Gasteiger partial charge in [0.2, 0.25) is 0 Å². The van der Waals surface area contributed by atoms with E-state index >= 15 is 0 Å². The molecule has 0 aliphatic heterocycles. The van der Waals surface area contributed by atoms with E-state index in [1.807, 2.05) is 36.5 Å². The first-order valence-electron chi connectivity index (χ1n) is 6.85. The number of hydrogen-bond acceptors (Lipinski definition) is 4. The number of rotatable bonds is 6. The molecule has 20 heavy (non-hydrogen) atoms. The Hall–Kier alpha value is -1.94. The molecule has 1 aromatic carbocycles. The number of methoxy groups -OCH3 is 1. The summed E-state index contributed by atoms with van der Waals surface area (Å²) < 4.78 is 5.36. The van der Waals surface area contributed by atoms with Crippen LogP contribution in [-0.4, -0.2) is 23.1 Å². The van der Waals surface area contributed by atoms with Crippen LogP contribution in [0.5, 0.6) is 5.75 Å². The number of para-hydroxylation sites is 1. The van der Waals surface area contributed by atoms with Gasteiger partial charge < -0.3 is 10.1 Å². The van der Waals surface area contributed by atoms with Gasteiger partial charge in [-0.15, -0.1) is 0 Å². The highest BCUT2D eigenvalue weighted by molar-refractivity contribution is 5.35. The zero-order valence-electron chi connectivity index (χ0n) is 12.3. The lowest BCUT2D eigenvalue weighted by atomic mass is 10.1. The van der Waals surface area contributed by atoms with E-state index in [-0.39, 0.29) is 0 Å². The molecule has 0 unspecified atom stereocenters. The van der Waals surface area contributed by atoms with Gasteiger partial charge in [0, 0.05) is 30.8 Å². The molecule has 2 rings (SSSR count). The van der Waals surface area contributed by atoms with Crippen molar-refractivity contribution in [3.05, 3.63) is 53.6 Å². The number of nitrogens with zero attached hydrogens (tertiary/aromatic N) is 2. The number of hydrogen-bond donors (Lipinski definition) is 1. The van der Waals surface area contributed by atoms with Gasteiger partial charge in [0.25, 0.3) is 0 Å². The van der Waals surface area contributed by atoms with E-state index in [1.165, 1.54) is 0 Å². The van der Waals surface area contributed by atoms with Gasteiger partial charge in [0.1, 0.15) is 11.6 Å². The van der Waals surface area contributed by atoms with Gasteiger partial charge in [-0.05, 0) is 12.1 Å². The summed E-state index contributed by atoms with van der Waals surface area (Å²) in [5.74, 6) is 1.69. The highest BCUT2D eigenvalue weighted by Gasteiger charge is 2.06. The Balaban J connectivity index is 2.11. The maximum absolute atomic E-state index is 5.36. The third-order valence-corrected chi connectivity index (χ3v) is 3.00. The normalized spacial score (nSPS) is 10.8. The van der Waals surface area contributed by atoms with Crippen LogP contribution in [-0.2, 0) is 13.0 Å². The van der Waals surface area contributed by atoms with Gasteiger partial charge in [-0.1, -0.05) is 32.0 Å². The molecule has 1 aromatic heterocycles. The largest absolute Gasteiger partial charge is 0.496 e. The van der Waals surface area contributed by atoms with Crippen molar-refractivity contribution in [2.75, 3.05) is 7.11 Å². The number of aromatic nitrogens is 2. The van der Waals surface area contributed by atoms with Gasteiger partial charge >= 0.3 is 0 Å². The summed E-state index contributed by atoms with van der Waals surface area (Å²) in [7, 11) is 1.68. The second-order valence-corrected chi connectivity index (χ2v) is 4.99. The fourth-order valence-corrected chi connectivity index (χ4v) is 1.95. The number of benzene rings is 1. The summed E-state index contributed by atoms with van der Waals surface area (Å²) in [6, 6.07) is 10.4. The molecule has 4 nitrogen and oxygen atoms in total. The first kappa shape index (κ1) is 14.5. The Kier molecular flexibility index (Phi) is 5.07. The molecule has 4 heteroatoms. The van der Waals surface area contributed by atoms with Crippen LogP contribution < -0.4 is 10.1 Å². The zero-order chi connectivity index (χ0) is 14.4. The van der Waals surface area contributed by atoms with Crippen molar-refractivity contribution in [3.8, 4) is 5.75 Å². The summed E-state index contributed by atoms with van der Waals surface area (Å²) in [6.45, 7) is 5.01. The Morgan fingerprint density at radius 1 is 1.20 bits per heavy atom. The SMILES string of the molecule is COc1ccccc1Cc1nccc(CNC(C)C)n1. The van der Waals surface area contributed by atoms with Crippen molar-refractivity contribution in [3.63, 3.8) is 0 Å². The molecule has 0 atom stereocenters. The predicted molar refractivity (Wildman–Crippen MR) is 79.8 cm³/mol. The smallest absolute Gasteiger partial charge is 0.133 e. The van der Waals surface area contributed by atoms with Gasteiger partial charge in [-0.3, -0.25) is 0 Å². The van der Waals surface area contributed by atoms with E-state index in [4.69, 9.17) is 4.74 Å². The summed E-state index contributed by atoms with van der Waals surface area (Å²) >= 11 is 0. The standard InChI is InChI=1S/C16H21N3O/c1-12(2)18-11-14-8-9-17-16(19-14)10-13-6-4-5-7-15(13)20-3/h4-9,12,18H,10-11H2,1-3H3. The number of ether oxygens (including phenoxy) is 1. The third-order valence-electron chi connectivity index (χ3n) is 3.00. The van der Waals surface area contributed by atoms with E-state index < -0.39 is 0 Å². The fourth-order valence-electron chi connectivity index (χ4n) is 1.95. The summed E-state index contributed by atoms with van der Waals surface area (Å²) in [4.78, 5) is 8.93. The molecule has 1 N–H and O–H groups in total. The van der Waals surface area contributed by atoms with Crippen molar-refractivity contribution in [2.24, 2.45) is 0 Å². The molecule has 2 aromatic rings. The quantitative estimate of drug-likeness (QED) is 0.877. The average Bonchev–Trinajstić information content (AvgIpc) is 2.46. The van der Waals surface area contributed by atoms with Crippen molar-refractivity contribution >= 4 is 0 Å². The minimum Gasteiger partial charge on any atom is -0.496 e. The van der Waals surface area contributed by atoms with Crippen molar-refractivity contribution in [1.82, 2.24) is 15.3 Å². The molecule has 1 heterocycles. The molecule has 0 saturated carbocycles. The van der Waals surface area contributed by atoms with Crippen LogP contribution in [0.3, 0.4) is 0 Å². The maximum Gasteiger partial charge on any atom is 0.133 e. The Morgan fingerprint density at radius 2 is 2.00 bits per heavy atom. The van der Waals surface area contributed by atoms with E-state index in [0.717, 1.165) is 29.4 Å². The Bertz CT molecular complexity index is 555. The van der Waals surface area contributed by atoms with E-state index in [2.05, 4.69) is 29.1 Å². The van der Waals surface area contributed by atoms with Gasteiger partial charge in [0.05, 0.1) is 12.8 Å². The first-order valence-corrected chi connectivity index (χ1v) is 6.85. The number of nitrogens with one attached hydrogen (secondary N) is 1. The lowest BCUT2D eigenvalue weighted by molar-refractivity contribution is 0.410. The third kappa shape index (κ3) is 4.03. The van der Waals surface area contributed by atoms with E-state index in [9.17, 15) is 0 Å². The van der Waals surface area contributed by atoms with Crippen LogP contribution in [0.1, 0.15) is 30.9 Å². The van der Waals surface area contributed by atoms with Gasteiger partial charge in [-0.25, -0.2) is 9.97 Å². The Morgan fingerprint density at radius 3 is 2.75 bits per heavy atom. The molecule has 0 aliphatic carbocycles. The van der Waals surface area contributed by atoms with E-state index in [0.29, 0.717) is 12.5 Å². The molecule has 0 radical (unpaired) electrons. The second-order valence-electron chi connectivity index (χ2n) is 4.99. The van der Waals surface area contributed by atoms with Crippen LogP contribution in [0.4, 0.5) is 0 Å². The predicted octanol–water partition coefficient (Wildman–Crippen LogP) is 2.57. The fraction of sp³-hybridized carbons (Fsp3) is 0.375. The monoisotopic (exact) mass is 271 g/mol. The lowest BCUT2D eigenvalue weighted by Crippen LogP contribution is -2.22. The highest BCUT2D eigenvalue weighted by atomic mass is 16.5. The Labute approximate surface area is 120 Å². The summed E-state index contributed by atoms with van der Waals surface area (Å²) in [5.41, 5.74) is 2.11. The second kappa shape index (κ2) is 7.01. The lowest BCUT2D eigenvalue weighted by Gasteiger charge is -2.09. The minimum atomic E-state index is 0.447. The van der Waals surface area contributed by atoms with Crippen LogP contribution in [0, 0.1) is 0 Å². The average molecular weight is 271 g/mol. The molecule has 0 spiro atoms. The first-order chi connectivity index (χ1) is 9.69. The van der Waals surface area contributed by atoms with Crippen LogP contribution in [0.25, 0.3) is 0 Å². The maximum atomic E-state index is 5.36. The van der Waals surface area contributed by atoms with E-state index in [1.54, 1.807) is 7.11 Å². The van der Waals surface area contributed by atoms with Crippen molar-refractivity contribution in [1.29, 1.82) is 0 Å². The topological polar surface area (TPSA) is 47.0 Å². The van der Waals surface area contributed by atoms with Crippen LogP contribution >= 0.6 is 0 Å². The molecule has 0 saturated heterocycles.